The third-order valence-corrected chi connectivity index (χ3v) is 2.43. The molecule has 1 aromatic rings. The molecule has 0 saturated heterocycles. The van der Waals surface area contributed by atoms with E-state index in [0.717, 1.165) is 0 Å². The van der Waals surface area contributed by atoms with Gasteiger partial charge in [0.05, 0.1) is 6.20 Å². The average molecular weight is 159 g/mol. The van der Waals surface area contributed by atoms with Crippen LogP contribution in [0.2, 0.25) is 0 Å². The fraction of sp³-hybridized carbons (Fsp3) is 0.200. The number of nitrogens with one attached hydrogen (secondary N) is 2. The van der Waals surface area contributed by atoms with E-state index in [2.05, 4.69) is 15.9 Å². The lowest BCUT2D eigenvalue weighted by Crippen LogP contribution is -2.17. The highest BCUT2D eigenvalue weighted by molar-refractivity contribution is 7.89. The summed E-state index contributed by atoms with van der Waals surface area (Å²) in [7, 11) is -1.93. The van der Waals surface area contributed by atoms with Crippen molar-refractivity contribution < 1.29 is 8.42 Å². The highest BCUT2D eigenvalue weighted by Gasteiger charge is 2.10. The van der Waals surface area contributed by atoms with Gasteiger partial charge in [-0.25, -0.2) is 13.1 Å². The van der Waals surface area contributed by atoms with Gasteiger partial charge in [-0.3, -0.25) is 0 Å². The summed E-state index contributed by atoms with van der Waals surface area (Å²) < 4.78 is 24.0. The molecule has 2 N–H and O–H groups in total. The van der Waals surface area contributed by atoms with E-state index in [0.29, 0.717) is 0 Å². The molecular weight excluding hydrogens is 152 g/mol. The molecule has 1 rings (SSSR count). The maximum Gasteiger partial charge on any atom is 0.242 e. The number of rotatable bonds is 2. The minimum absolute atomic E-state index is 0.134. The second-order valence-electron chi connectivity index (χ2n) is 1.67. The van der Waals surface area contributed by atoms with Gasteiger partial charge in [-0.05, 0) is 13.1 Å². The summed E-state index contributed by atoms with van der Waals surface area (Å²) in [5.74, 6) is 0. The Morgan fingerprint density at radius 3 is 2.80 bits per heavy atom. The van der Waals surface area contributed by atoms with E-state index in [1.807, 2.05) is 0 Å². The van der Waals surface area contributed by atoms with Crippen molar-refractivity contribution in [2.24, 2.45) is 0 Å². The molecule has 0 aliphatic carbocycles. The first-order valence-corrected chi connectivity index (χ1v) is 4.14. The third-order valence-electron chi connectivity index (χ3n) is 1.07. The van der Waals surface area contributed by atoms with E-state index in [1.54, 1.807) is 0 Å². The van der Waals surface area contributed by atoms with Crippen LogP contribution in [0.15, 0.2) is 17.2 Å². The average Bonchev–Trinajstić information content (AvgIpc) is 2.38. The lowest BCUT2D eigenvalue weighted by atomic mass is 10.7. The number of aromatic nitrogens is 1. The van der Waals surface area contributed by atoms with Crippen LogP contribution in [0.25, 0.3) is 0 Å². The van der Waals surface area contributed by atoms with Crippen LogP contribution in [0.4, 0.5) is 0 Å². The van der Waals surface area contributed by atoms with Crippen molar-refractivity contribution in [3.63, 3.8) is 0 Å². The molecule has 0 fully saturated rings. The van der Waals surface area contributed by atoms with Crippen molar-refractivity contribution >= 4 is 10.0 Å². The highest BCUT2D eigenvalue weighted by atomic mass is 32.2. The highest BCUT2D eigenvalue weighted by Crippen LogP contribution is 2.03. The Labute approximate surface area is 59.3 Å². The van der Waals surface area contributed by atoms with Crippen molar-refractivity contribution in [2.75, 3.05) is 7.05 Å². The van der Waals surface area contributed by atoms with Crippen molar-refractivity contribution in [3.05, 3.63) is 18.5 Å². The molecular formula is C5H7N2O2S. The number of hydrogen-bond donors (Lipinski definition) is 2. The second-order valence-corrected chi connectivity index (χ2v) is 3.53. The first-order valence-electron chi connectivity index (χ1n) is 2.65. The Kier molecular flexibility index (Phi) is 1.78. The van der Waals surface area contributed by atoms with Gasteiger partial charge in [0.25, 0.3) is 0 Å². The molecule has 4 nitrogen and oxygen atoms in total. The predicted molar refractivity (Wildman–Crippen MR) is 35.9 cm³/mol. The maximum atomic E-state index is 10.9. The van der Waals surface area contributed by atoms with E-state index in [1.165, 1.54) is 19.3 Å². The predicted octanol–water partition coefficient (Wildman–Crippen LogP) is -0.277. The Balaban J connectivity index is 3.09. The Hall–Kier alpha value is -0.810. The zero-order valence-electron chi connectivity index (χ0n) is 5.38. The van der Waals surface area contributed by atoms with Crippen LogP contribution in [0, 0.1) is 6.20 Å². The van der Waals surface area contributed by atoms with Gasteiger partial charge in [-0.1, -0.05) is 0 Å². The first kappa shape index (κ1) is 7.30. The van der Waals surface area contributed by atoms with Crippen LogP contribution in [0.5, 0.6) is 0 Å². The van der Waals surface area contributed by atoms with E-state index in [9.17, 15) is 8.42 Å². The fourth-order valence-electron chi connectivity index (χ4n) is 0.539. The SMILES string of the molecule is CNS(=O)(=O)c1[c][nH]cc1. The first-order chi connectivity index (χ1) is 4.67. The zero-order chi connectivity index (χ0) is 7.61. The van der Waals surface area contributed by atoms with Gasteiger partial charge in [-0.15, -0.1) is 0 Å². The molecule has 10 heavy (non-hydrogen) atoms. The van der Waals surface area contributed by atoms with Gasteiger partial charge in [-0.2, -0.15) is 0 Å². The fourth-order valence-corrected chi connectivity index (χ4v) is 1.20. The van der Waals surface area contributed by atoms with Crippen LogP contribution in [-0.4, -0.2) is 20.4 Å². The van der Waals surface area contributed by atoms with Crippen LogP contribution in [-0.2, 0) is 10.0 Å². The number of hydrogen-bond acceptors (Lipinski definition) is 2. The maximum absolute atomic E-state index is 10.9. The van der Waals surface area contributed by atoms with Crippen LogP contribution in [0.1, 0.15) is 0 Å². The molecule has 1 aromatic heterocycles. The van der Waals surface area contributed by atoms with Crippen LogP contribution in [0.3, 0.4) is 0 Å². The van der Waals surface area contributed by atoms with E-state index >= 15 is 0 Å². The van der Waals surface area contributed by atoms with Crippen molar-refractivity contribution in [1.29, 1.82) is 0 Å². The molecule has 1 radical (unpaired) electrons. The Bertz CT molecular complexity index is 287. The molecule has 0 aliphatic rings. The molecule has 0 aromatic carbocycles. The largest absolute Gasteiger partial charge is 0.359 e. The van der Waals surface area contributed by atoms with Crippen molar-refractivity contribution in [2.45, 2.75) is 4.90 Å². The third kappa shape index (κ3) is 1.19. The zero-order valence-corrected chi connectivity index (χ0v) is 6.20. The van der Waals surface area contributed by atoms with Crippen molar-refractivity contribution in [3.8, 4) is 0 Å². The van der Waals surface area contributed by atoms with E-state index < -0.39 is 10.0 Å². The summed E-state index contributed by atoms with van der Waals surface area (Å²) in [6.07, 6.45) is 3.96. The molecule has 0 spiro atoms. The number of aromatic amines is 1. The molecule has 0 bridgehead atoms. The minimum atomic E-state index is -3.29. The summed E-state index contributed by atoms with van der Waals surface area (Å²) in [6.45, 7) is 0. The van der Waals surface area contributed by atoms with Gasteiger partial charge in [0, 0.05) is 6.20 Å². The van der Waals surface area contributed by atoms with Crippen molar-refractivity contribution in [1.82, 2.24) is 9.71 Å². The van der Waals surface area contributed by atoms with Gasteiger partial charge >= 0.3 is 0 Å². The molecule has 55 valence electrons. The molecule has 0 saturated carbocycles. The lowest BCUT2D eigenvalue weighted by Gasteiger charge is -1.94. The summed E-state index contributed by atoms with van der Waals surface area (Å²) in [6, 6.07) is 1.44. The van der Waals surface area contributed by atoms with Crippen LogP contribution >= 0.6 is 0 Å². The Morgan fingerprint density at radius 2 is 2.40 bits per heavy atom. The van der Waals surface area contributed by atoms with Gasteiger partial charge in [0.2, 0.25) is 10.0 Å². The Morgan fingerprint density at radius 1 is 1.70 bits per heavy atom. The van der Waals surface area contributed by atoms with Gasteiger partial charge < -0.3 is 4.98 Å². The van der Waals surface area contributed by atoms with Crippen LogP contribution < -0.4 is 4.72 Å². The monoisotopic (exact) mass is 159 g/mol. The van der Waals surface area contributed by atoms with Gasteiger partial charge in [0.15, 0.2) is 0 Å². The molecule has 0 unspecified atom stereocenters. The lowest BCUT2D eigenvalue weighted by molar-refractivity contribution is 0.588. The summed E-state index contributed by atoms with van der Waals surface area (Å²) >= 11 is 0. The summed E-state index contributed by atoms with van der Waals surface area (Å²) in [5.41, 5.74) is 0. The second kappa shape index (κ2) is 2.43. The minimum Gasteiger partial charge on any atom is -0.359 e. The molecule has 0 amide bonds. The normalized spacial score (nSPS) is 11.7. The topological polar surface area (TPSA) is 62.0 Å². The summed E-state index contributed by atoms with van der Waals surface area (Å²) in [5, 5.41) is 0. The van der Waals surface area contributed by atoms with Gasteiger partial charge in [0.1, 0.15) is 4.90 Å². The van der Waals surface area contributed by atoms with E-state index in [-0.39, 0.29) is 4.90 Å². The molecule has 5 heteroatoms. The van der Waals surface area contributed by atoms with E-state index in [4.69, 9.17) is 0 Å². The molecule has 1 heterocycles. The standard InChI is InChI=1S/C5H7N2O2S/c1-6-10(8,9)5-2-3-7-4-5/h2-3,6-7H,1H3. The molecule has 0 atom stereocenters. The smallest absolute Gasteiger partial charge is 0.242 e. The number of H-pyrrole nitrogens is 1. The number of sulfonamides is 1. The summed E-state index contributed by atoms with van der Waals surface area (Å²) in [4.78, 5) is 2.66. The quantitative estimate of drug-likeness (QED) is 0.623. The molecule has 0 aliphatic heterocycles.